The number of hydrogen-bond acceptors (Lipinski definition) is 2. The molecule has 2 N–H and O–H groups in total. The predicted molar refractivity (Wildman–Crippen MR) is 94.9 cm³/mol. The average Bonchev–Trinajstić information content (AvgIpc) is 2.46. The summed E-state index contributed by atoms with van der Waals surface area (Å²) in [5, 5.41) is 7.19. The number of amides is 1. The van der Waals surface area contributed by atoms with Gasteiger partial charge < -0.3 is 10.6 Å². The normalized spacial score (nSPS) is 19.4. The highest BCUT2D eigenvalue weighted by atomic mass is 35.5. The first-order chi connectivity index (χ1) is 10.1. The van der Waals surface area contributed by atoms with Crippen LogP contribution < -0.4 is 10.6 Å². The minimum Gasteiger partial charge on any atom is -0.355 e. The predicted octanol–water partition coefficient (Wildman–Crippen LogP) is 3.62. The van der Waals surface area contributed by atoms with Crippen molar-refractivity contribution in [3.8, 4) is 0 Å². The molecule has 1 amide bonds. The van der Waals surface area contributed by atoms with E-state index in [-0.39, 0.29) is 30.2 Å². The van der Waals surface area contributed by atoms with Gasteiger partial charge in [0.1, 0.15) is 0 Å². The Balaban J connectivity index is 0.00000242. The number of carbonyl (C=O) groups excluding carboxylic acids is 1. The van der Waals surface area contributed by atoms with Gasteiger partial charge in [-0.3, -0.25) is 4.79 Å². The summed E-state index contributed by atoms with van der Waals surface area (Å²) in [5.41, 5.74) is 0.997. The van der Waals surface area contributed by atoms with Crippen molar-refractivity contribution >= 4 is 29.9 Å². The number of halogens is 2. The van der Waals surface area contributed by atoms with E-state index >= 15 is 0 Å². The Labute approximate surface area is 144 Å². The smallest absolute Gasteiger partial charge is 0.227 e. The number of rotatable bonds is 5. The van der Waals surface area contributed by atoms with Gasteiger partial charge in [-0.15, -0.1) is 12.4 Å². The van der Waals surface area contributed by atoms with Gasteiger partial charge in [-0.1, -0.05) is 37.6 Å². The van der Waals surface area contributed by atoms with Crippen molar-refractivity contribution in [2.24, 2.45) is 11.8 Å². The van der Waals surface area contributed by atoms with Crippen LogP contribution in [-0.2, 0) is 4.79 Å². The van der Waals surface area contributed by atoms with Gasteiger partial charge in [-0.25, -0.2) is 0 Å². The van der Waals surface area contributed by atoms with Crippen molar-refractivity contribution in [3.05, 3.63) is 34.9 Å². The van der Waals surface area contributed by atoms with Gasteiger partial charge in [0.2, 0.25) is 5.91 Å². The van der Waals surface area contributed by atoms with E-state index in [2.05, 4.69) is 24.5 Å². The fourth-order valence-electron chi connectivity index (χ4n) is 2.99. The SMILES string of the molecule is CC(C)C(C(=O)NCC1CCCNC1)c1cccc(Cl)c1.Cl. The number of carbonyl (C=O) groups is 1. The third-order valence-corrected chi connectivity index (χ3v) is 4.36. The summed E-state index contributed by atoms with van der Waals surface area (Å²) in [5.74, 6) is 0.765. The average molecular weight is 345 g/mol. The van der Waals surface area contributed by atoms with Crippen molar-refractivity contribution in [1.82, 2.24) is 10.6 Å². The van der Waals surface area contributed by atoms with Crippen LogP contribution in [0.3, 0.4) is 0 Å². The van der Waals surface area contributed by atoms with Gasteiger partial charge in [0.25, 0.3) is 0 Å². The zero-order valence-electron chi connectivity index (χ0n) is 13.3. The van der Waals surface area contributed by atoms with Crippen LogP contribution in [0.4, 0.5) is 0 Å². The second-order valence-corrected chi connectivity index (χ2v) is 6.67. The molecule has 0 radical (unpaired) electrons. The Morgan fingerprint density at radius 1 is 1.45 bits per heavy atom. The highest BCUT2D eigenvalue weighted by molar-refractivity contribution is 6.30. The third kappa shape index (κ3) is 5.45. The van der Waals surface area contributed by atoms with Crippen LogP contribution in [0.2, 0.25) is 5.02 Å². The molecule has 1 aliphatic rings. The zero-order valence-corrected chi connectivity index (χ0v) is 14.8. The Hall–Kier alpha value is -0.770. The van der Waals surface area contributed by atoms with E-state index < -0.39 is 0 Å². The van der Waals surface area contributed by atoms with Crippen LogP contribution in [0, 0.1) is 11.8 Å². The number of benzene rings is 1. The second-order valence-electron chi connectivity index (χ2n) is 6.23. The number of nitrogens with one attached hydrogen (secondary N) is 2. The summed E-state index contributed by atoms with van der Waals surface area (Å²) in [6, 6.07) is 7.63. The number of hydrogen-bond donors (Lipinski definition) is 2. The van der Waals surface area contributed by atoms with Crippen LogP contribution in [-0.4, -0.2) is 25.5 Å². The van der Waals surface area contributed by atoms with E-state index in [9.17, 15) is 4.79 Å². The lowest BCUT2D eigenvalue weighted by Crippen LogP contribution is -2.40. The molecule has 0 bridgehead atoms. The molecule has 1 aromatic carbocycles. The fourth-order valence-corrected chi connectivity index (χ4v) is 3.19. The van der Waals surface area contributed by atoms with Gasteiger partial charge in [0.05, 0.1) is 5.92 Å². The van der Waals surface area contributed by atoms with E-state index in [1.54, 1.807) is 0 Å². The third-order valence-electron chi connectivity index (χ3n) is 4.12. The molecule has 3 nitrogen and oxygen atoms in total. The maximum absolute atomic E-state index is 12.6. The molecule has 2 unspecified atom stereocenters. The summed E-state index contributed by atoms with van der Waals surface area (Å²) < 4.78 is 0. The fraction of sp³-hybridized carbons (Fsp3) is 0.588. The molecule has 2 rings (SSSR count). The van der Waals surface area contributed by atoms with Gasteiger partial charge in [0, 0.05) is 11.6 Å². The van der Waals surface area contributed by atoms with E-state index in [1.807, 2.05) is 24.3 Å². The first-order valence-corrected chi connectivity index (χ1v) is 8.19. The molecule has 1 saturated heterocycles. The zero-order chi connectivity index (χ0) is 15.2. The van der Waals surface area contributed by atoms with Crippen LogP contribution in [0.1, 0.15) is 38.2 Å². The van der Waals surface area contributed by atoms with Crippen LogP contribution >= 0.6 is 24.0 Å². The first kappa shape index (κ1) is 19.3. The maximum atomic E-state index is 12.6. The molecular formula is C17H26Cl2N2O. The van der Waals surface area contributed by atoms with E-state index in [1.165, 1.54) is 12.8 Å². The molecule has 2 atom stereocenters. The van der Waals surface area contributed by atoms with Gasteiger partial charge in [0.15, 0.2) is 0 Å². The minimum atomic E-state index is -0.139. The Morgan fingerprint density at radius 2 is 2.23 bits per heavy atom. The molecular weight excluding hydrogens is 319 g/mol. The van der Waals surface area contributed by atoms with Crippen molar-refractivity contribution in [2.75, 3.05) is 19.6 Å². The second kappa shape index (κ2) is 9.39. The lowest BCUT2D eigenvalue weighted by Gasteiger charge is -2.25. The van der Waals surface area contributed by atoms with E-state index in [0.29, 0.717) is 10.9 Å². The summed E-state index contributed by atoms with van der Waals surface area (Å²) in [4.78, 5) is 12.6. The summed E-state index contributed by atoms with van der Waals surface area (Å²) >= 11 is 6.06. The van der Waals surface area contributed by atoms with Crippen LogP contribution in [0.5, 0.6) is 0 Å². The Bertz CT molecular complexity index is 473. The highest BCUT2D eigenvalue weighted by Gasteiger charge is 2.25. The topological polar surface area (TPSA) is 41.1 Å². The Morgan fingerprint density at radius 3 is 2.82 bits per heavy atom. The molecule has 1 aliphatic heterocycles. The molecule has 124 valence electrons. The summed E-state index contributed by atoms with van der Waals surface area (Å²) in [6.45, 7) is 7.02. The molecule has 1 fully saturated rings. The van der Waals surface area contributed by atoms with Crippen molar-refractivity contribution in [2.45, 2.75) is 32.6 Å². The lowest BCUT2D eigenvalue weighted by atomic mass is 9.87. The quantitative estimate of drug-likeness (QED) is 0.856. The van der Waals surface area contributed by atoms with Gasteiger partial charge in [-0.2, -0.15) is 0 Å². The van der Waals surface area contributed by atoms with E-state index in [0.717, 1.165) is 25.2 Å². The molecule has 0 saturated carbocycles. The standard InChI is InChI=1S/C17H25ClN2O.ClH/c1-12(2)16(14-6-3-7-15(18)9-14)17(21)20-11-13-5-4-8-19-10-13;/h3,6-7,9,12-13,16,19H,4-5,8,10-11H2,1-2H3,(H,20,21);1H. The van der Waals surface area contributed by atoms with Gasteiger partial charge >= 0.3 is 0 Å². The first-order valence-electron chi connectivity index (χ1n) is 7.82. The largest absolute Gasteiger partial charge is 0.355 e. The van der Waals surface area contributed by atoms with E-state index in [4.69, 9.17) is 11.6 Å². The molecule has 0 aliphatic carbocycles. The maximum Gasteiger partial charge on any atom is 0.227 e. The highest BCUT2D eigenvalue weighted by Crippen LogP contribution is 2.27. The van der Waals surface area contributed by atoms with Crippen molar-refractivity contribution in [1.29, 1.82) is 0 Å². The Kier molecular flexibility index (Phi) is 8.23. The molecule has 22 heavy (non-hydrogen) atoms. The van der Waals surface area contributed by atoms with Crippen LogP contribution in [0.25, 0.3) is 0 Å². The minimum absolute atomic E-state index is 0. The van der Waals surface area contributed by atoms with Crippen LogP contribution in [0.15, 0.2) is 24.3 Å². The molecule has 1 aromatic rings. The monoisotopic (exact) mass is 344 g/mol. The number of piperidine rings is 1. The van der Waals surface area contributed by atoms with Crippen molar-refractivity contribution in [3.63, 3.8) is 0 Å². The van der Waals surface area contributed by atoms with Gasteiger partial charge in [-0.05, 0) is 55.5 Å². The molecule has 0 spiro atoms. The summed E-state index contributed by atoms with van der Waals surface area (Å²) in [6.07, 6.45) is 2.39. The van der Waals surface area contributed by atoms with Crippen molar-refractivity contribution < 1.29 is 4.79 Å². The summed E-state index contributed by atoms with van der Waals surface area (Å²) in [7, 11) is 0. The lowest BCUT2D eigenvalue weighted by molar-refractivity contribution is -0.123. The molecule has 5 heteroatoms. The molecule has 0 aromatic heterocycles. The molecule has 1 heterocycles.